The van der Waals surface area contributed by atoms with Crippen LogP contribution in [0.1, 0.15) is 43.4 Å². The van der Waals surface area contributed by atoms with E-state index in [1.54, 1.807) is 0 Å². The Morgan fingerprint density at radius 3 is 2.71 bits per heavy atom. The van der Waals surface area contributed by atoms with Gasteiger partial charge in [-0.05, 0) is 33.8 Å². The average molecular weight is 221 g/mol. The summed E-state index contributed by atoms with van der Waals surface area (Å²) in [5.74, 6) is 0.434. The molecule has 0 fully saturated rings. The Morgan fingerprint density at radius 2 is 1.94 bits per heavy atom. The van der Waals surface area contributed by atoms with Crippen LogP contribution in [0.25, 0.3) is 0 Å². The SMILES string of the molecule is CC(C)(C)c1ccc2c(c1)[C]=C1C=CC=CC12. The molecule has 0 heterocycles. The summed E-state index contributed by atoms with van der Waals surface area (Å²) in [4.78, 5) is 0. The van der Waals surface area contributed by atoms with Gasteiger partial charge in [0.1, 0.15) is 0 Å². The van der Waals surface area contributed by atoms with Gasteiger partial charge in [0.05, 0.1) is 0 Å². The zero-order chi connectivity index (χ0) is 12.0. The van der Waals surface area contributed by atoms with Crippen LogP contribution < -0.4 is 0 Å². The van der Waals surface area contributed by atoms with E-state index in [4.69, 9.17) is 0 Å². The molecule has 0 spiro atoms. The molecule has 0 amide bonds. The molecule has 2 aliphatic rings. The zero-order valence-electron chi connectivity index (χ0n) is 10.6. The van der Waals surface area contributed by atoms with Gasteiger partial charge in [-0.25, -0.2) is 0 Å². The molecular formula is C17H17. The van der Waals surface area contributed by atoms with E-state index in [0.29, 0.717) is 5.92 Å². The van der Waals surface area contributed by atoms with E-state index in [1.165, 1.54) is 22.3 Å². The largest absolute Gasteiger partial charge is 0.0726 e. The fourth-order valence-corrected chi connectivity index (χ4v) is 2.49. The Labute approximate surface area is 103 Å². The standard InChI is InChI=1S/C17H17/c1-17(2,3)14-8-9-16-13(11-14)10-12-6-4-5-7-15(12)16/h4-9,11,15H,1-3H3. The first kappa shape index (κ1) is 10.6. The molecule has 0 saturated carbocycles. The fourth-order valence-electron chi connectivity index (χ4n) is 2.49. The van der Waals surface area contributed by atoms with Gasteiger partial charge in [0.15, 0.2) is 0 Å². The van der Waals surface area contributed by atoms with Crippen LogP contribution in [-0.4, -0.2) is 0 Å². The normalized spacial score (nSPS) is 21.1. The second-order valence-corrected chi connectivity index (χ2v) is 5.85. The summed E-state index contributed by atoms with van der Waals surface area (Å²) >= 11 is 0. The topological polar surface area (TPSA) is 0 Å². The molecule has 1 atom stereocenters. The third-order valence-electron chi connectivity index (χ3n) is 3.56. The molecule has 3 rings (SSSR count). The molecule has 0 heteroatoms. The molecule has 1 unspecified atom stereocenters. The van der Waals surface area contributed by atoms with E-state index in [-0.39, 0.29) is 5.41 Å². The first-order chi connectivity index (χ1) is 8.05. The lowest BCUT2D eigenvalue weighted by atomic mass is 9.84. The molecule has 85 valence electrons. The maximum atomic E-state index is 3.53. The third-order valence-corrected chi connectivity index (χ3v) is 3.56. The lowest BCUT2D eigenvalue weighted by Gasteiger charge is -2.20. The smallest absolute Gasteiger partial charge is 0.0285 e. The number of hydrogen-bond acceptors (Lipinski definition) is 0. The third kappa shape index (κ3) is 1.68. The predicted octanol–water partition coefficient (Wildman–Crippen LogP) is 4.28. The summed E-state index contributed by atoms with van der Waals surface area (Å²) in [5.41, 5.74) is 5.56. The van der Waals surface area contributed by atoms with Crippen molar-refractivity contribution in [3.05, 3.63) is 70.8 Å². The molecule has 0 nitrogen and oxygen atoms in total. The van der Waals surface area contributed by atoms with Crippen molar-refractivity contribution < 1.29 is 0 Å². The Kier molecular flexibility index (Phi) is 2.16. The van der Waals surface area contributed by atoms with Crippen molar-refractivity contribution in [2.75, 3.05) is 0 Å². The molecule has 0 aromatic heterocycles. The van der Waals surface area contributed by atoms with Crippen molar-refractivity contribution in [1.82, 2.24) is 0 Å². The first-order valence-corrected chi connectivity index (χ1v) is 6.19. The van der Waals surface area contributed by atoms with Gasteiger partial charge in [0, 0.05) is 5.92 Å². The summed E-state index contributed by atoms with van der Waals surface area (Å²) in [6.07, 6.45) is 12.2. The van der Waals surface area contributed by atoms with Gasteiger partial charge in [0.25, 0.3) is 0 Å². The summed E-state index contributed by atoms with van der Waals surface area (Å²) in [7, 11) is 0. The molecule has 0 N–H and O–H groups in total. The van der Waals surface area contributed by atoms with Crippen molar-refractivity contribution >= 4 is 0 Å². The van der Waals surface area contributed by atoms with Crippen LogP contribution in [0, 0.1) is 6.08 Å². The number of rotatable bonds is 0. The van der Waals surface area contributed by atoms with E-state index in [2.05, 4.69) is 69.4 Å². The van der Waals surface area contributed by atoms with Crippen LogP contribution in [0.3, 0.4) is 0 Å². The van der Waals surface area contributed by atoms with Crippen molar-refractivity contribution in [3.8, 4) is 0 Å². The summed E-state index contributed by atoms with van der Waals surface area (Å²) in [6.45, 7) is 6.76. The monoisotopic (exact) mass is 221 g/mol. The van der Waals surface area contributed by atoms with E-state index < -0.39 is 0 Å². The number of fused-ring (bicyclic) bond motifs is 3. The highest BCUT2D eigenvalue weighted by atomic mass is 14.3. The summed E-state index contributed by atoms with van der Waals surface area (Å²) in [6, 6.07) is 6.82. The molecule has 0 bridgehead atoms. The molecule has 1 radical (unpaired) electrons. The molecule has 17 heavy (non-hydrogen) atoms. The molecular weight excluding hydrogens is 204 g/mol. The average Bonchev–Trinajstić information content (AvgIpc) is 2.65. The van der Waals surface area contributed by atoms with Gasteiger partial charge >= 0.3 is 0 Å². The van der Waals surface area contributed by atoms with E-state index >= 15 is 0 Å². The lowest BCUT2D eigenvalue weighted by Crippen LogP contribution is -2.11. The minimum atomic E-state index is 0.209. The quantitative estimate of drug-likeness (QED) is 0.613. The molecule has 0 saturated heterocycles. The van der Waals surface area contributed by atoms with E-state index in [0.717, 1.165) is 0 Å². The van der Waals surface area contributed by atoms with Crippen LogP contribution in [0.2, 0.25) is 0 Å². The van der Waals surface area contributed by atoms with Crippen molar-refractivity contribution in [2.24, 2.45) is 0 Å². The molecule has 1 aromatic carbocycles. The minimum Gasteiger partial charge on any atom is -0.0726 e. The Bertz CT molecular complexity index is 548. The van der Waals surface area contributed by atoms with Gasteiger partial charge in [-0.1, -0.05) is 63.3 Å². The first-order valence-electron chi connectivity index (χ1n) is 6.19. The van der Waals surface area contributed by atoms with Gasteiger partial charge in [-0.3, -0.25) is 0 Å². The highest BCUT2D eigenvalue weighted by Gasteiger charge is 2.24. The van der Waals surface area contributed by atoms with Gasteiger partial charge in [0.2, 0.25) is 0 Å². The van der Waals surface area contributed by atoms with Crippen LogP contribution >= 0.6 is 0 Å². The number of hydrogen-bond donors (Lipinski definition) is 0. The van der Waals surface area contributed by atoms with Crippen LogP contribution in [0.5, 0.6) is 0 Å². The van der Waals surface area contributed by atoms with Crippen molar-refractivity contribution in [3.63, 3.8) is 0 Å². The van der Waals surface area contributed by atoms with Gasteiger partial charge in [-0.2, -0.15) is 0 Å². The second kappa shape index (κ2) is 3.46. The van der Waals surface area contributed by atoms with Crippen LogP contribution in [0.15, 0.2) is 48.1 Å². The maximum absolute atomic E-state index is 3.53. The Morgan fingerprint density at radius 1 is 1.12 bits per heavy atom. The van der Waals surface area contributed by atoms with Crippen molar-refractivity contribution in [2.45, 2.75) is 32.1 Å². The molecule has 1 aromatic rings. The van der Waals surface area contributed by atoms with E-state index in [9.17, 15) is 0 Å². The fraction of sp³-hybridized carbons (Fsp3) is 0.294. The summed E-state index contributed by atoms with van der Waals surface area (Å²) in [5, 5.41) is 0. The highest BCUT2D eigenvalue weighted by molar-refractivity contribution is 5.56. The Hall–Kier alpha value is -1.56. The minimum absolute atomic E-state index is 0.209. The second-order valence-electron chi connectivity index (χ2n) is 5.85. The van der Waals surface area contributed by atoms with Crippen LogP contribution in [-0.2, 0) is 5.41 Å². The molecule has 0 aliphatic heterocycles. The summed E-state index contributed by atoms with van der Waals surface area (Å²) < 4.78 is 0. The van der Waals surface area contributed by atoms with E-state index in [1.807, 2.05) is 0 Å². The van der Waals surface area contributed by atoms with Gasteiger partial charge in [-0.15, -0.1) is 0 Å². The Balaban J connectivity index is 2.10. The maximum Gasteiger partial charge on any atom is 0.0285 e. The zero-order valence-corrected chi connectivity index (χ0v) is 10.6. The van der Waals surface area contributed by atoms with Crippen molar-refractivity contribution in [1.29, 1.82) is 0 Å². The number of benzene rings is 1. The number of allylic oxidation sites excluding steroid dienone is 5. The highest BCUT2D eigenvalue weighted by Crippen LogP contribution is 2.39. The van der Waals surface area contributed by atoms with Gasteiger partial charge < -0.3 is 0 Å². The predicted molar refractivity (Wildman–Crippen MR) is 72.0 cm³/mol. The lowest BCUT2D eigenvalue weighted by molar-refractivity contribution is 0.589. The molecule has 2 aliphatic carbocycles. The van der Waals surface area contributed by atoms with Crippen LogP contribution in [0.4, 0.5) is 0 Å².